The molecular formula is C14H11ClN6O2. The molecule has 0 saturated heterocycles. The molecule has 3 rings (SSSR count). The Morgan fingerprint density at radius 3 is 2.83 bits per heavy atom. The Morgan fingerprint density at radius 2 is 2.17 bits per heavy atom. The van der Waals surface area contributed by atoms with Gasteiger partial charge in [-0.15, -0.1) is 0 Å². The molecule has 0 saturated carbocycles. The van der Waals surface area contributed by atoms with Crippen LogP contribution < -0.4 is 5.32 Å². The third-order valence-electron chi connectivity index (χ3n) is 3.12. The summed E-state index contributed by atoms with van der Waals surface area (Å²) in [5.74, 6) is 0.994. The smallest absolute Gasteiger partial charge is 0.324 e. The van der Waals surface area contributed by atoms with Crippen LogP contribution in [0, 0.1) is 10.1 Å². The van der Waals surface area contributed by atoms with Crippen molar-refractivity contribution in [2.45, 2.75) is 0 Å². The number of halogens is 1. The first-order valence-corrected chi connectivity index (χ1v) is 6.94. The van der Waals surface area contributed by atoms with E-state index in [9.17, 15) is 10.1 Å². The van der Waals surface area contributed by atoms with Gasteiger partial charge in [-0.1, -0.05) is 23.7 Å². The summed E-state index contributed by atoms with van der Waals surface area (Å²) in [5, 5.41) is 13.5. The van der Waals surface area contributed by atoms with Crippen LogP contribution in [0.1, 0.15) is 0 Å². The predicted molar refractivity (Wildman–Crippen MR) is 85.6 cm³/mol. The van der Waals surface area contributed by atoms with Crippen molar-refractivity contribution < 1.29 is 4.92 Å². The molecule has 2 heterocycles. The quantitative estimate of drug-likeness (QED) is 0.448. The number of anilines is 2. The van der Waals surface area contributed by atoms with Crippen molar-refractivity contribution >= 4 is 28.9 Å². The van der Waals surface area contributed by atoms with E-state index in [0.29, 0.717) is 0 Å². The van der Waals surface area contributed by atoms with Gasteiger partial charge in [-0.2, -0.15) is 4.98 Å². The summed E-state index contributed by atoms with van der Waals surface area (Å²) in [6.07, 6.45) is 4.64. The molecule has 0 radical (unpaired) electrons. The zero-order chi connectivity index (χ0) is 16.4. The maximum atomic E-state index is 10.7. The molecule has 0 amide bonds. The molecule has 8 nitrogen and oxygen atoms in total. The highest BCUT2D eigenvalue weighted by atomic mass is 35.5. The fourth-order valence-electron chi connectivity index (χ4n) is 2.05. The molecule has 1 aromatic carbocycles. The van der Waals surface area contributed by atoms with E-state index in [1.54, 1.807) is 6.20 Å². The van der Waals surface area contributed by atoms with Crippen molar-refractivity contribution in [2.75, 3.05) is 5.32 Å². The van der Waals surface area contributed by atoms with Crippen molar-refractivity contribution in [2.24, 2.45) is 7.05 Å². The first kappa shape index (κ1) is 14.9. The molecule has 23 heavy (non-hydrogen) atoms. The summed E-state index contributed by atoms with van der Waals surface area (Å²) < 4.78 is 1.90. The summed E-state index contributed by atoms with van der Waals surface area (Å²) in [6.45, 7) is 0. The fraction of sp³-hybridized carbons (Fsp3) is 0.0714. The molecule has 0 bridgehead atoms. The topological polar surface area (TPSA) is 98.8 Å². The van der Waals surface area contributed by atoms with Crippen LogP contribution in [0.3, 0.4) is 0 Å². The minimum Gasteiger partial charge on any atom is -0.334 e. The number of aromatic nitrogens is 4. The molecule has 0 spiro atoms. The highest BCUT2D eigenvalue weighted by Crippen LogP contribution is 2.25. The Labute approximate surface area is 135 Å². The second-order valence-corrected chi connectivity index (χ2v) is 5.05. The number of aryl methyl sites for hydroxylation is 1. The van der Waals surface area contributed by atoms with E-state index in [-0.39, 0.29) is 16.8 Å². The van der Waals surface area contributed by atoms with Crippen LogP contribution >= 0.6 is 11.6 Å². The van der Waals surface area contributed by atoms with E-state index in [0.717, 1.165) is 23.3 Å². The van der Waals surface area contributed by atoms with E-state index in [1.165, 1.54) is 0 Å². The van der Waals surface area contributed by atoms with Crippen LogP contribution in [-0.2, 0) is 7.05 Å². The minimum absolute atomic E-state index is 0.178. The largest absolute Gasteiger partial charge is 0.334 e. The van der Waals surface area contributed by atoms with Crippen molar-refractivity contribution in [3.63, 3.8) is 0 Å². The number of nitrogens with zero attached hydrogens (tertiary/aromatic N) is 5. The standard InChI is InChI=1S/C14H11ClN6O2/c1-20-6-5-16-13(20)9-3-2-4-10(7-9)18-14-17-8-11(21(22)23)12(15)19-14/h2-8H,1H3,(H,17,18,19). The molecule has 1 N–H and O–H groups in total. The predicted octanol–water partition coefficient (Wildman–Crippen LogP) is 3.18. The number of rotatable bonds is 4. The molecule has 0 unspecified atom stereocenters. The van der Waals surface area contributed by atoms with E-state index < -0.39 is 4.92 Å². The first-order chi connectivity index (χ1) is 11.0. The Bertz CT molecular complexity index is 879. The highest BCUT2D eigenvalue weighted by molar-refractivity contribution is 6.31. The molecular weight excluding hydrogens is 320 g/mol. The molecule has 116 valence electrons. The summed E-state index contributed by atoms with van der Waals surface area (Å²) in [6, 6.07) is 7.49. The van der Waals surface area contributed by atoms with Crippen LogP contribution in [0.4, 0.5) is 17.3 Å². The number of benzene rings is 1. The van der Waals surface area contributed by atoms with Crippen molar-refractivity contribution in [1.29, 1.82) is 0 Å². The van der Waals surface area contributed by atoms with Gasteiger partial charge in [0, 0.05) is 30.7 Å². The summed E-state index contributed by atoms with van der Waals surface area (Å²) in [7, 11) is 1.90. The maximum absolute atomic E-state index is 10.7. The van der Waals surface area contributed by atoms with Crippen LogP contribution in [-0.4, -0.2) is 24.4 Å². The lowest BCUT2D eigenvalue weighted by molar-refractivity contribution is -0.385. The Kier molecular flexibility index (Phi) is 3.90. The Morgan fingerprint density at radius 1 is 1.35 bits per heavy atom. The van der Waals surface area contributed by atoms with Gasteiger partial charge < -0.3 is 9.88 Å². The Balaban J connectivity index is 1.88. The van der Waals surface area contributed by atoms with Gasteiger partial charge in [-0.3, -0.25) is 10.1 Å². The summed E-state index contributed by atoms with van der Waals surface area (Å²) in [4.78, 5) is 22.1. The normalized spacial score (nSPS) is 10.5. The van der Waals surface area contributed by atoms with Gasteiger partial charge in [0.2, 0.25) is 11.1 Å². The molecule has 3 aromatic rings. The summed E-state index contributed by atoms with van der Waals surface area (Å²) in [5.41, 5.74) is 1.30. The van der Waals surface area contributed by atoms with Gasteiger partial charge >= 0.3 is 5.69 Å². The van der Waals surface area contributed by atoms with Gasteiger partial charge in [-0.25, -0.2) is 9.97 Å². The number of hydrogen-bond acceptors (Lipinski definition) is 6. The summed E-state index contributed by atoms with van der Waals surface area (Å²) >= 11 is 5.78. The number of hydrogen-bond donors (Lipinski definition) is 1. The van der Waals surface area contributed by atoms with Gasteiger partial charge in [0.05, 0.1) is 4.92 Å². The van der Waals surface area contributed by atoms with Crippen LogP contribution in [0.25, 0.3) is 11.4 Å². The van der Waals surface area contributed by atoms with Crippen LogP contribution in [0.2, 0.25) is 5.15 Å². The van der Waals surface area contributed by atoms with Crippen molar-refractivity contribution in [3.05, 3.63) is 58.1 Å². The van der Waals surface area contributed by atoms with E-state index in [4.69, 9.17) is 11.6 Å². The van der Waals surface area contributed by atoms with E-state index in [2.05, 4.69) is 20.3 Å². The number of nitro groups is 1. The number of nitrogens with one attached hydrogen (secondary N) is 1. The maximum Gasteiger partial charge on any atom is 0.324 e. The highest BCUT2D eigenvalue weighted by Gasteiger charge is 2.15. The molecule has 0 atom stereocenters. The third-order valence-corrected chi connectivity index (χ3v) is 3.40. The molecule has 9 heteroatoms. The molecule has 2 aromatic heterocycles. The molecule has 0 fully saturated rings. The molecule has 0 aliphatic heterocycles. The monoisotopic (exact) mass is 330 g/mol. The lowest BCUT2D eigenvalue weighted by Gasteiger charge is -2.07. The second kappa shape index (κ2) is 6.01. The fourth-order valence-corrected chi connectivity index (χ4v) is 2.24. The molecule has 0 aliphatic rings. The third kappa shape index (κ3) is 3.11. The zero-order valence-corrected chi connectivity index (χ0v) is 12.7. The van der Waals surface area contributed by atoms with Crippen LogP contribution in [0.5, 0.6) is 0 Å². The zero-order valence-electron chi connectivity index (χ0n) is 12.0. The van der Waals surface area contributed by atoms with Crippen molar-refractivity contribution in [3.8, 4) is 11.4 Å². The lowest BCUT2D eigenvalue weighted by atomic mass is 10.2. The van der Waals surface area contributed by atoms with Crippen LogP contribution in [0.15, 0.2) is 42.9 Å². The van der Waals surface area contributed by atoms with Gasteiger partial charge in [0.25, 0.3) is 0 Å². The van der Waals surface area contributed by atoms with Crippen molar-refractivity contribution in [1.82, 2.24) is 19.5 Å². The Hall–Kier alpha value is -3.00. The average Bonchev–Trinajstić information content (AvgIpc) is 2.93. The van der Waals surface area contributed by atoms with Gasteiger partial charge in [0.15, 0.2) is 0 Å². The first-order valence-electron chi connectivity index (χ1n) is 6.56. The molecule has 0 aliphatic carbocycles. The second-order valence-electron chi connectivity index (χ2n) is 4.69. The van der Waals surface area contributed by atoms with E-state index in [1.807, 2.05) is 42.1 Å². The van der Waals surface area contributed by atoms with E-state index >= 15 is 0 Å². The average molecular weight is 331 g/mol. The SMILES string of the molecule is Cn1ccnc1-c1cccc(Nc2ncc([N+](=O)[O-])c(Cl)n2)c1. The van der Waals surface area contributed by atoms with Gasteiger partial charge in [0.1, 0.15) is 12.0 Å². The number of imidazole rings is 1. The van der Waals surface area contributed by atoms with Gasteiger partial charge in [-0.05, 0) is 12.1 Å². The lowest BCUT2D eigenvalue weighted by Crippen LogP contribution is -2.00. The minimum atomic E-state index is -0.631.